The summed E-state index contributed by atoms with van der Waals surface area (Å²) in [5.74, 6) is 0.244. The van der Waals surface area contributed by atoms with Gasteiger partial charge in [0, 0.05) is 34.9 Å². The van der Waals surface area contributed by atoms with E-state index in [4.69, 9.17) is 0 Å². The number of carbonyl (C=O) groups is 1. The highest BCUT2D eigenvalue weighted by molar-refractivity contribution is 7.15. The number of nitrogens with zero attached hydrogens (tertiary/aromatic N) is 2. The first-order chi connectivity index (χ1) is 11.7. The van der Waals surface area contributed by atoms with Crippen molar-refractivity contribution in [3.05, 3.63) is 42.0 Å². The van der Waals surface area contributed by atoms with E-state index in [9.17, 15) is 4.79 Å². The Morgan fingerprint density at radius 2 is 1.92 bits per heavy atom. The van der Waals surface area contributed by atoms with Crippen molar-refractivity contribution in [1.82, 2.24) is 9.38 Å². The molecule has 1 N–H and O–H groups in total. The average Bonchev–Trinajstić information content (AvgIpc) is 3.17. The topological polar surface area (TPSA) is 46.4 Å². The monoisotopic (exact) mass is 341 g/mol. The van der Waals surface area contributed by atoms with Gasteiger partial charge in [-0.05, 0) is 25.0 Å². The van der Waals surface area contributed by atoms with Gasteiger partial charge < -0.3 is 5.32 Å². The fourth-order valence-corrected chi connectivity index (χ4v) is 3.64. The number of aromatic nitrogens is 2. The average molecular weight is 341 g/mol. The number of fused-ring (bicyclic) bond motifs is 1. The zero-order valence-corrected chi connectivity index (χ0v) is 15.0. The van der Waals surface area contributed by atoms with E-state index in [1.807, 2.05) is 46.4 Å². The Morgan fingerprint density at radius 1 is 1.21 bits per heavy atom. The van der Waals surface area contributed by atoms with Crippen LogP contribution in [-0.2, 0) is 4.79 Å². The molecule has 0 aliphatic heterocycles. The van der Waals surface area contributed by atoms with Crippen LogP contribution in [0, 0.1) is 5.92 Å². The van der Waals surface area contributed by atoms with Gasteiger partial charge >= 0.3 is 0 Å². The highest BCUT2D eigenvalue weighted by atomic mass is 32.1. The fraction of sp³-hybridized carbons (Fsp3) is 0.368. The number of amides is 1. The largest absolute Gasteiger partial charge is 0.326 e. The van der Waals surface area contributed by atoms with Crippen LogP contribution in [0.4, 0.5) is 5.69 Å². The lowest BCUT2D eigenvalue weighted by atomic mass is 9.97. The molecule has 4 nitrogen and oxygen atoms in total. The van der Waals surface area contributed by atoms with Crippen molar-refractivity contribution < 1.29 is 4.79 Å². The molecule has 1 amide bonds. The highest BCUT2D eigenvalue weighted by Gasteiger charge is 2.16. The summed E-state index contributed by atoms with van der Waals surface area (Å²) in [7, 11) is 0. The molecule has 3 rings (SSSR count). The number of anilines is 1. The summed E-state index contributed by atoms with van der Waals surface area (Å²) < 4.78 is 2.02. The van der Waals surface area contributed by atoms with Crippen LogP contribution >= 0.6 is 11.3 Å². The van der Waals surface area contributed by atoms with Crippen molar-refractivity contribution >= 4 is 27.9 Å². The van der Waals surface area contributed by atoms with Gasteiger partial charge in [0.05, 0.1) is 5.69 Å². The van der Waals surface area contributed by atoms with Crippen LogP contribution in [0.15, 0.2) is 42.0 Å². The summed E-state index contributed by atoms with van der Waals surface area (Å²) in [6.07, 6.45) is 8.00. The number of benzene rings is 1. The van der Waals surface area contributed by atoms with E-state index < -0.39 is 0 Å². The molecule has 2 heterocycles. The van der Waals surface area contributed by atoms with Gasteiger partial charge in [-0.1, -0.05) is 38.8 Å². The summed E-state index contributed by atoms with van der Waals surface area (Å²) in [4.78, 5) is 18.0. The number of nitrogens with one attached hydrogen (secondary N) is 1. The lowest BCUT2D eigenvalue weighted by Gasteiger charge is -2.15. The Hall–Kier alpha value is -2.14. The van der Waals surface area contributed by atoms with Gasteiger partial charge in [0.2, 0.25) is 5.91 Å². The van der Waals surface area contributed by atoms with Gasteiger partial charge in [-0.2, -0.15) is 0 Å². The second kappa shape index (κ2) is 7.62. The van der Waals surface area contributed by atoms with Crippen molar-refractivity contribution in [2.24, 2.45) is 5.92 Å². The van der Waals surface area contributed by atoms with Crippen LogP contribution in [0.3, 0.4) is 0 Å². The van der Waals surface area contributed by atoms with Gasteiger partial charge in [0.25, 0.3) is 0 Å². The van der Waals surface area contributed by atoms with E-state index in [0.29, 0.717) is 0 Å². The molecule has 24 heavy (non-hydrogen) atoms. The Labute approximate surface area is 146 Å². The summed E-state index contributed by atoms with van der Waals surface area (Å²) in [6.45, 7) is 4.25. The van der Waals surface area contributed by atoms with Gasteiger partial charge in [0.1, 0.15) is 0 Å². The predicted molar refractivity (Wildman–Crippen MR) is 100 cm³/mol. The van der Waals surface area contributed by atoms with Crippen molar-refractivity contribution in [3.63, 3.8) is 0 Å². The second-order valence-corrected chi connectivity index (χ2v) is 6.93. The van der Waals surface area contributed by atoms with Crippen LogP contribution in [0.5, 0.6) is 0 Å². The third-order valence-electron chi connectivity index (χ3n) is 4.19. The van der Waals surface area contributed by atoms with Crippen molar-refractivity contribution in [3.8, 4) is 11.3 Å². The van der Waals surface area contributed by atoms with Crippen LogP contribution < -0.4 is 5.32 Å². The molecule has 126 valence electrons. The summed E-state index contributed by atoms with van der Waals surface area (Å²) >= 11 is 1.62. The molecule has 2 aromatic heterocycles. The molecule has 0 atom stereocenters. The zero-order valence-electron chi connectivity index (χ0n) is 14.2. The third kappa shape index (κ3) is 3.67. The minimum atomic E-state index is 0.111. The zero-order chi connectivity index (χ0) is 16.9. The van der Waals surface area contributed by atoms with Crippen molar-refractivity contribution in [2.75, 3.05) is 5.32 Å². The first-order valence-electron chi connectivity index (χ1n) is 8.54. The Bertz CT molecular complexity index is 769. The van der Waals surface area contributed by atoms with Gasteiger partial charge in [-0.3, -0.25) is 9.20 Å². The van der Waals surface area contributed by atoms with Crippen LogP contribution in [0.2, 0.25) is 0 Å². The molecule has 0 saturated carbocycles. The van der Waals surface area contributed by atoms with E-state index in [-0.39, 0.29) is 11.8 Å². The third-order valence-corrected chi connectivity index (χ3v) is 4.96. The molecular formula is C19H23N3OS. The molecule has 3 aromatic rings. The predicted octanol–water partition coefficient (Wildman–Crippen LogP) is 5.22. The van der Waals surface area contributed by atoms with E-state index in [2.05, 4.69) is 24.1 Å². The maximum absolute atomic E-state index is 12.4. The number of carbonyl (C=O) groups excluding carboxylic acids is 1. The summed E-state index contributed by atoms with van der Waals surface area (Å²) in [6, 6.07) is 7.93. The molecule has 0 saturated heterocycles. The normalized spacial score (nSPS) is 11.3. The number of imidazole rings is 1. The quantitative estimate of drug-likeness (QED) is 0.640. The minimum Gasteiger partial charge on any atom is -0.326 e. The highest BCUT2D eigenvalue weighted by Crippen LogP contribution is 2.24. The maximum Gasteiger partial charge on any atom is 0.227 e. The molecule has 0 aliphatic rings. The molecule has 0 unspecified atom stereocenters. The molecule has 0 bridgehead atoms. The second-order valence-electron chi connectivity index (χ2n) is 6.06. The lowest BCUT2D eigenvalue weighted by molar-refractivity contribution is -0.120. The Morgan fingerprint density at radius 3 is 2.54 bits per heavy atom. The molecular weight excluding hydrogens is 318 g/mol. The number of thiazole rings is 1. The lowest BCUT2D eigenvalue weighted by Crippen LogP contribution is -2.22. The van der Waals surface area contributed by atoms with Gasteiger partial charge in [0.15, 0.2) is 4.96 Å². The van der Waals surface area contributed by atoms with Crippen LogP contribution in [0.25, 0.3) is 16.2 Å². The molecule has 1 aromatic carbocycles. The standard InChI is InChI=1S/C19H23N3OS/c1-3-5-15(6-4-2)18(23)20-16-9-7-14(8-10-16)17-13-22-11-12-24-19(22)21-17/h7-13,15H,3-6H2,1-2H3,(H,20,23). The Balaban J connectivity index is 1.69. The number of rotatable bonds is 7. The minimum absolute atomic E-state index is 0.111. The van der Waals surface area contributed by atoms with Crippen LogP contribution in [0.1, 0.15) is 39.5 Å². The molecule has 0 aliphatic carbocycles. The van der Waals surface area contributed by atoms with E-state index in [1.54, 1.807) is 11.3 Å². The first kappa shape index (κ1) is 16.7. The Kier molecular flexibility index (Phi) is 5.30. The maximum atomic E-state index is 12.4. The van der Waals surface area contributed by atoms with Crippen LogP contribution in [-0.4, -0.2) is 15.3 Å². The summed E-state index contributed by atoms with van der Waals surface area (Å²) in [5.41, 5.74) is 2.86. The molecule has 5 heteroatoms. The summed E-state index contributed by atoms with van der Waals surface area (Å²) in [5, 5.41) is 5.07. The number of hydrogen-bond donors (Lipinski definition) is 1. The first-order valence-corrected chi connectivity index (χ1v) is 9.42. The van der Waals surface area contributed by atoms with E-state index >= 15 is 0 Å². The van der Waals surface area contributed by atoms with Crippen molar-refractivity contribution in [2.45, 2.75) is 39.5 Å². The smallest absolute Gasteiger partial charge is 0.227 e. The van der Waals surface area contributed by atoms with E-state index in [1.165, 1.54) is 0 Å². The molecule has 0 radical (unpaired) electrons. The van der Waals surface area contributed by atoms with Gasteiger partial charge in [-0.15, -0.1) is 11.3 Å². The molecule has 0 spiro atoms. The van der Waals surface area contributed by atoms with E-state index in [0.717, 1.165) is 47.6 Å². The van der Waals surface area contributed by atoms with Gasteiger partial charge in [-0.25, -0.2) is 4.98 Å². The number of hydrogen-bond acceptors (Lipinski definition) is 3. The molecule has 0 fully saturated rings. The van der Waals surface area contributed by atoms with Crippen molar-refractivity contribution in [1.29, 1.82) is 0 Å². The fourth-order valence-electron chi connectivity index (χ4n) is 2.94. The SMILES string of the molecule is CCCC(CCC)C(=O)Nc1ccc(-c2cn3ccsc3n2)cc1.